The van der Waals surface area contributed by atoms with Crippen molar-refractivity contribution < 1.29 is 14.3 Å². The molecule has 1 unspecified atom stereocenters. The van der Waals surface area contributed by atoms with Crippen molar-refractivity contribution in [2.75, 3.05) is 5.32 Å². The molecule has 1 aromatic carbocycles. The largest absolute Gasteiger partial charge is 0.444 e. The van der Waals surface area contributed by atoms with Crippen LogP contribution >= 0.6 is 23.2 Å². The van der Waals surface area contributed by atoms with Gasteiger partial charge in [0.1, 0.15) is 5.60 Å². The van der Waals surface area contributed by atoms with E-state index in [1.165, 1.54) is 0 Å². The molecule has 0 heterocycles. The number of hydrogen-bond acceptors (Lipinski definition) is 3. The van der Waals surface area contributed by atoms with Crippen molar-refractivity contribution in [2.45, 2.75) is 45.8 Å². The van der Waals surface area contributed by atoms with E-state index in [0.29, 0.717) is 15.7 Å². The Morgan fingerprint density at radius 3 is 2.41 bits per heavy atom. The Morgan fingerprint density at radius 2 is 1.86 bits per heavy atom. The molecule has 0 spiro atoms. The van der Waals surface area contributed by atoms with Gasteiger partial charge in [-0.15, -0.1) is 0 Å². The SMILES string of the molecule is CC(CC(=O)Nc1ccc(Cl)c(Cl)c1)NC(=O)OC(C)(C)C. The lowest BCUT2D eigenvalue weighted by Gasteiger charge is -2.21. The molecule has 0 aliphatic rings. The standard InChI is InChI=1S/C15H20Cl2N2O3/c1-9(18-14(21)22-15(2,3)4)7-13(20)19-10-5-6-11(16)12(17)8-10/h5-6,8-9H,7H2,1-4H3,(H,18,21)(H,19,20). The predicted octanol–water partition coefficient (Wildman–Crippen LogP) is 4.24. The summed E-state index contributed by atoms with van der Waals surface area (Å²) in [5.74, 6) is -0.248. The Hall–Kier alpha value is -1.46. The zero-order chi connectivity index (χ0) is 16.9. The average Bonchev–Trinajstić information content (AvgIpc) is 2.30. The highest BCUT2D eigenvalue weighted by Gasteiger charge is 2.19. The molecule has 0 aliphatic carbocycles. The molecule has 122 valence electrons. The Morgan fingerprint density at radius 1 is 1.23 bits per heavy atom. The second-order valence-electron chi connectivity index (χ2n) is 5.93. The van der Waals surface area contributed by atoms with Crippen molar-refractivity contribution in [1.82, 2.24) is 5.32 Å². The number of carbonyl (C=O) groups is 2. The van der Waals surface area contributed by atoms with Gasteiger partial charge in [-0.2, -0.15) is 0 Å². The number of ether oxygens (including phenoxy) is 1. The van der Waals surface area contributed by atoms with Gasteiger partial charge in [0, 0.05) is 18.2 Å². The summed E-state index contributed by atoms with van der Waals surface area (Å²) < 4.78 is 5.12. The molecule has 0 aliphatic heterocycles. The summed E-state index contributed by atoms with van der Waals surface area (Å²) in [7, 11) is 0. The Bertz CT molecular complexity index is 556. The maximum absolute atomic E-state index is 11.9. The maximum atomic E-state index is 11.9. The molecule has 1 rings (SSSR count). The van der Waals surface area contributed by atoms with E-state index in [1.54, 1.807) is 45.9 Å². The van der Waals surface area contributed by atoms with Crippen molar-refractivity contribution in [1.29, 1.82) is 0 Å². The summed E-state index contributed by atoms with van der Waals surface area (Å²) in [6.45, 7) is 7.04. The molecule has 0 aromatic heterocycles. The molecule has 2 N–H and O–H groups in total. The highest BCUT2D eigenvalue weighted by molar-refractivity contribution is 6.42. The molecule has 0 bridgehead atoms. The van der Waals surface area contributed by atoms with Gasteiger partial charge in [-0.1, -0.05) is 23.2 Å². The van der Waals surface area contributed by atoms with Crippen LogP contribution in [0.15, 0.2) is 18.2 Å². The summed E-state index contributed by atoms with van der Waals surface area (Å²) >= 11 is 11.7. The first-order valence-electron chi connectivity index (χ1n) is 6.81. The van der Waals surface area contributed by atoms with E-state index in [4.69, 9.17) is 27.9 Å². The van der Waals surface area contributed by atoms with Crippen LogP contribution in [0, 0.1) is 0 Å². The van der Waals surface area contributed by atoms with Crippen molar-refractivity contribution in [3.63, 3.8) is 0 Å². The van der Waals surface area contributed by atoms with E-state index < -0.39 is 11.7 Å². The van der Waals surface area contributed by atoms with Crippen LogP contribution in [0.3, 0.4) is 0 Å². The topological polar surface area (TPSA) is 67.4 Å². The zero-order valence-electron chi connectivity index (χ0n) is 13.0. The molecular formula is C15H20Cl2N2O3. The zero-order valence-corrected chi connectivity index (χ0v) is 14.5. The summed E-state index contributed by atoms with van der Waals surface area (Å²) in [6.07, 6.45) is -0.443. The fourth-order valence-corrected chi connectivity index (χ4v) is 1.92. The Balaban J connectivity index is 2.47. The molecule has 0 radical (unpaired) electrons. The molecule has 5 nitrogen and oxygen atoms in total. The van der Waals surface area contributed by atoms with Gasteiger partial charge in [0.05, 0.1) is 10.0 Å². The smallest absolute Gasteiger partial charge is 0.407 e. The third kappa shape index (κ3) is 7.00. The Kier molecular flexibility index (Phi) is 6.50. The number of rotatable bonds is 4. The number of carbonyl (C=O) groups excluding carboxylic acids is 2. The summed E-state index contributed by atoms with van der Waals surface area (Å²) in [6, 6.07) is 4.45. The van der Waals surface area contributed by atoms with E-state index in [0.717, 1.165) is 0 Å². The number of amides is 2. The van der Waals surface area contributed by atoms with Gasteiger partial charge in [-0.3, -0.25) is 4.79 Å². The molecule has 22 heavy (non-hydrogen) atoms. The monoisotopic (exact) mass is 346 g/mol. The minimum atomic E-state index is -0.577. The fraction of sp³-hybridized carbons (Fsp3) is 0.467. The van der Waals surface area contributed by atoms with Crippen molar-refractivity contribution >= 4 is 40.9 Å². The van der Waals surface area contributed by atoms with Crippen LogP contribution in [-0.2, 0) is 9.53 Å². The van der Waals surface area contributed by atoms with E-state index >= 15 is 0 Å². The lowest BCUT2D eigenvalue weighted by atomic mass is 10.2. The Labute approximate surface area is 140 Å². The van der Waals surface area contributed by atoms with Gasteiger partial charge in [0.25, 0.3) is 0 Å². The molecule has 1 aromatic rings. The molecule has 0 saturated heterocycles. The van der Waals surface area contributed by atoms with Gasteiger partial charge in [-0.05, 0) is 45.9 Å². The molecule has 1 atom stereocenters. The predicted molar refractivity (Wildman–Crippen MR) is 88.5 cm³/mol. The maximum Gasteiger partial charge on any atom is 0.407 e. The van der Waals surface area contributed by atoms with Gasteiger partial charge in [-0.25, -0.2) is 4.79 Å². The lowest BCUT2D eigenvalue weighted by molar-refractivity contribution is -0.116. The quantitative estimate of drug-likeness (QED) is 0.856. The van der Waals surface area contributed by atoms with Crippen molar-refractivity contribution in [3.8, 4) is 0 Å². The third-order valence-corrected chi connectivity index (χ3v) is 3.20. The first-order chi connectivity index (χ1) is 10.1. The van der Waals surface area contributed by atoms with Gasteiger partial charge >= 0.3 is 6.09 Å². The van der Waals surface area contributed by atoms with Crippen molar-refractivity contribution in [2.24, 2.45) is 0 Å². The number of anilines is 1. The molecule has 7 heteroatoms. The summed E-state index contributed by atoms with van der Waals surface area (Å²) in [5, 5.41) is 6.07. The molecular weight excluding hydrogens is 327 g/mol. The summed E-state index contributed by atoms with van der Waals surface area (Å²) in [4.78, 5) is 23.5. The van der Waals surface area contributed by atoms with Gasteiger partial charge in [0.2, 0.25) is 5.91 Å². The van der Waals surface area contributed by atoms with Gasteiger partial charge in [0.15, 0.2) is 0 Å². The lowest BCUT2D eigenvalue weighted by Crippen LogP contribution is -2.39. The number of alkyl carbamates (subject to hydrolysis) is 1. The third-order valence-electron chi connectivity index (χ3n) is 2.46. The normalized spacial score (nSPS) is 12.5. The highest BCUT2D eigenvalue weighted by atomic mass is 35.5. The van der Waals surface area contributed by atoms with Crippen LogP contribution in [0.2, 0.25) is 10.0 Å². The summed E-state index contributed by atoms with van der Waals surface area (Å²) in [5.41, 5.74) is -0.0320. The van der Waals surface area contributed by atoms with E-state index in [9.17, 15) is 9.59 Å². The van der Waals surface area contributed by atoms with Crippen LogP contribution < -0.4 is 10.6 Å². The van der Waals surface area contributed by atoms with E-state index in [-0.39, 0.29) is 18.4 Å². The minimum Gasteiger partial charge on any atom is -0.444 e. The minimum absolute atomic E-state index is 0.111. The second-order valence-corrected chi connectivity index (χ2v) is 6.74. The molecule has 2 amide bonds. The fourth-order valence-electron chi connectivity index (χ4n) is 1.62. The van der Waals surface area contributed by atoms with Crippen LogP contribution in [0.4, 0.5) is 10.5 Å². The number of nitrogens with one attached hydrogen (secondary N) is 2. The van der Waals surface area contributed by atoms with Crippen LogP contribution in [0.5, 0.6) is 0 Å². The average molecular weight is 347 g/mol. The number of halogens is 2. The molecule has 0 fully saturated rings. The first-order valence-corrected chi connectivity index (χ1v) is 7.57. The highest BCUT2D eigenvalue weighted by Crippen LogP contribution is 2.25. The van der Waals surface area contributed by atoms with Crippen LogP contribution in [0.1, 0.15) is 34.1 Å². The van der Waals surface area contributed by atoms with Crippen molar-refractivity contribution in [3.05, 3.63) is 28.2 Å². The van der Waals surface area contributed by atoms with Gasteiger partial charge < -0.3 is 15.4 Å². The first kappa shape index (κ1) is 18.6. The second kappa shape index (κ2) is 7.70. The number of benzene rings is 1. The van der Waals surface area contributed by atoms with Crippen LogP contribution in [0.25, 0.3) is 0 Å². The van der Waals surface area contributed by atoms with E-state index in [1.807, 2.05) is 0 Å². The van der Waals surface area contributed by atoms with Crippen LogP contribution in [-0.4, -0.2) is 23.6 Å². The van der Waals surface area contributed by atoms with E-state index in [2.05, 4.69) is 10.6 Å². The number of hydrogen-bond donors (Lipinski definition) is 2. The molecule has 0 saturated carbocycles.